The minimum atomic E-state index is -5.77. The number of fused-ring (bicyclic) bond motifs is 3. The van der Waals surface area contributed by atoms with Crippen molar-refractivity contribution in [2.45, 2.75) is 49.1 Å². The molecule has 2 aliphatic heterocycles. The topological polar surface area (TPSA) is 346 Å². The van der Waals surface area contributed by atoms with Crippen molar-refractivity contribution in [3.63, 3.8) is 0 Å². The summed E-state index contributed by atoms with van der Waals surface area (Å²) in [5.74, 6) is -0.793. The van der Waals surface area contributed by atoms with E-state index in [2.05, 4.69) is 28.3 Å². The van der Waals surface area contributed by atoms with E-state index in [9.17, 15) is 53.4 Å². The maximum Gasteiger partial charge on any atom is 0.478 e. The quantitative estimate of drug-likeness (QED) is 0.0531. The maximum atomic E-state index is 12.5. The summed E-state index contributed by atoms with van der Waals surface area (Å²) in [6.07, 6.45) is -5.04. The van der Waals surface area contributed by atoms with Crippen molar-refractivity contribution in [1.82, 2.24) is 23.9 Å². The van der Waals surface area contributed by atoms with Gasteiger partial charge in [0.05, 0.1) is 19.5 Å². The van der Waals surface area contributed by atoms with Crippen LogP contribution in [0, 0.1) is 0 Å². The van der Waals surface area contributed by atoms with Crippen LogP contribution in [-0.4, -0.2) is 110 Å². The number of carbonyl (C=O) groups excluding carboxylic acids is 1. The van der Waals surface area contributed by atoms with Gasteiger partial charge in [0.2, 0.25) is 0 Å². The summed E-state index contributed by atoms with van der Waals surface area (Å²) >= 11 is 0. The minimum absolute atomic E-state index is 0.0382. The highest BCUT2D eigenvalue weighted by molar-refractivity contribution is 7.60. The molecule has 2 saturated heterocycles. The van der Waals surface area contributed by atoms with Crippen LogP contribution in [0.25, 0.3) is 16.8 Å². The van der Waals surface area contributed by atoms with Gasteiger partial charge in [0.15, 0.2) is 41.5 Å². The maximum absolute atomic E-state index is 12.5. The zero-order chi connectivity index (χ0) is 36.2. The first kappa shape index (κ1) is 36.7. The molecule has 1 amide bonds. The predicted molar refractivity (Wildman–Crippen MR) is 155 cm³/mol. The lowest BCUT2D eigenvalue weighted by Crippen LogP contribution is -2.46. The van der Waals surface area contributed by atoms with Crippen LogP contribution in [0.15, 0.2) is 49.6 Å². The number of hydrogen-bond acceptors (Lipinski definition) is 17. The summed E-state index contributed by atoms with van der Waals surface area (Å²) in [5.41, 5.74) is 5.97. The van der Waals surface area contributed by atoms with Gasteiger partial charge >= 0.3 is 15.6 Å². The van der Waals surface area contributed by atoms with Gasteiger partial charge in [0.1, 0.15) is 42.4 Å². The Morgan fingerprint density at radius 3 is 2.42 bits per heavy atom. The summed E-state index contributed by atoms with van der Waals surface area (Å²) in [6, 6.07) is 2.79. The number of aliphatic hydroxyl groups is 3. The second-order valence-corrected chi connectivity index (χ2v) is 15.1. The molecule has 0 bridgehead atoms. The number of hydrogen-bond donors (Lipinski definition) is 7. The number of aliphatic hydroxyl groups excluding tert-OH is 3. The second-order valence-electron chi connectivity index (χ2n) is 10.9. The van der Waals surface area contributed by atoms with Crippen molar-refractivity contribution in [3.05, 3.63) is 55.1 Å². The van der Waals surface area contributed by atoms with E-state index in [1.807, 2.05) is 0 Å². The Labute approximate surface area is 278 Å². The van der Waals surface area contributed by atoms with Gasteiger partial charge in [-0.2, -0.15) is 4.57 Å². The molecule has 8 N–H and O–H groups in total. The Morgan fingerprint density at radius 2 is 1.70 bits per heavy atom. The van der Waals surface area contributed by atoms with Crippen LogP contribution < -0.4 is 15.2 Å². The van der Waals surface area contributed by atoms with Crippen LogP contribution in [0.3, 0.4) is 0 Å². The molecule has 4 aromatic rings. The van der Waals surface area contributed by atoms with Crippen LogP contribution in [0.4, 0.5) is 0 Å². The van der Waals surface area contributed by atoms with Crippen molar-refractivity contribution >= 4 is 46.2 Å². The van der Waals surface area contributed by atoms with Gasteiger partial charge < -0.3 is 54.6 Å². The van der Waals surface area contributed by atoms with Crippen LogP contribution in [0.5, 0.6) is 0 Å². The Bertz CT molecular complexity index is 2040. The third-order valence-electron chi connectivity index (χ3n) is 7.54. The van der Waals surface area contributed by atoms with Gasteiger partial charge in [0.25, 0.3) is 20.0 Å². The zero-order valence-electron chi connectivity index (χ0n) is 24.9. The molecule has 6 rings (SSSR count). The lowest BCUT2D eigenvalue weighted by atomic mass is 10.1. The van der Waals surface area contributed by atoms with E-state index in [-0.39, 0.29) is 16.7 Å². The molecular weight excluding hydrogens is 739 g/mol. The number of phosphoric acid groups is 3. The average molecular weight is 767 g/mol. The highest BCUT2D eigenvalue weighted by Crippen LogP contribution is 2.58. The van der Waals surface area contributed by atoms with Gasteiger partial charge in [-0.15, -0.1) is 0 Å². The number of nitrogens with zero attached hydrogens (tertiary/aromatic N) is 6. The van der Waals surface area contributed by atoms with E-state index in [1.165, 1.54) is 46.0 Å². The lowest BCUT2D eigenvalue weighted by molar-refractivity contribution is -0.765. The van der Waals surface area contributed by atoms with E-state index in [0.29, 0.717) is 5.65 Å². The highest BCUT2D eigenvalue weighted by Gasteiger charge is 2.51. The molecule has 4 aromatic heterocycles. The first-order valence-electron chi connectivity index (χ1n) is 14.1. The Morgan fingerprint density at radius 1 is 0.980 bits per heavy atom. The van der Waals surface area contributed by atoms with Crippen LogP contribution in [0.2, 0.25) is 0 Å². The normalized spacial score (nSPS) is 29.7. The highest BCUT2D eigenvalue weighted by atomic mass is 31.3. The van der Waals surface area contributed by atoms with E-state index in [4.69, 9.17) is 19.7 Å². The van der Waals surface area contributed by atoms with Crippen molar-refractivity contribution in [2.75, 3.05) is 13.2 Å². The standard InChI is InChI=1S/C23H28N7O17P3/c24-19(34)11-2-1-4-28(6-11)22-17(33)15(31)12(44-22)7-42-49(38,39)47-50(40,41)43-8-13-16(32)18(46-48(35,36)37)23(45-13)30-10-26-14-20-25-3-5-29(20)9-27-21(14)30/h1-6,9-10,12-13,15-18,22-23,31-33H,7-8H2,(H5-,24,34,35,36,37,38,39,40,41). The monoisotopic (exact) mass is 767 g/mol. The van der Waals surface area contributed by atoms with E-state index in [0.717, 1.165) is 10.9 Å². The summed E-state index contributed by atoms with van der Waals surface area (Å²) < 4.78 is 70.0. The second kappa shape index (κ2) is 13.8. The number of rotatable bonds is 13. The number of phosphoric ester groups is 3. The van der Waals surface area contributed by atoms with Gasteiger partial charge in [-0.25, -0.2) is 28.4 Å². The first-order valence-corrected chi connectivity index (χ1v) is 18.6. The molecule has 10 atom stereocenters. The summed E-state index contributed by atoms with van der Waals surface area (Å²) in [7, 11) is -16.6. The number of imidazole rings is 2. The number of ether oxygens (including phenoxy) is 2. The molecule has 272 valence electrons. The Hall–Kier alpha value is -3.12. The summed E-state index contributed by atoms with van der Waals surface area (Å²) in [5, 5.41) is 31.6. The zero-order valence-corrected chi connectivity index (χ0v) is 27.6. The van der Waals surface area contributed by atoms with E-state index >= 15 is 0 Å². The number of carbonyl (C=O) groups is 1. The van der Waals surface area contributed by atoms with Gasteiger partial charge in [-0.3, -0.25) is 27.4 Å². The fraction of sp³-hybridized carbons (Fsp3) is 0.435. The summed E-state index contributed by atoms with van der Waals surface area (Å²) in [6.45, 7) is -2.10. The molecule has 2 aliphatic rings. The fourth-order valence-corrected chi connectivity index (χ4v) is 7.90. The van der Waals surface area contributed by atoms with Gasteiger partial charge in [-0.1, -0.05) is 0 Å². The molecule has 24 nitrogen and oxygen atoms in total. The molecule has 50 heavy (non-hydrogen) atoms. The fourth-order valence-electron chi connectivity index (χ4n) is 5.30. The van der Waals surface area contributed by atoms with Crippen molar-refractivity contribution < 1.29 is 85.3 Å². The predicted octanol–water partition coefficient (Wildman–Crippen LogP) is -2.86. The van der Waals surface area contributed by atoms with Crippen molar-refractivity contribution in [3.8, 4) is 0 Å². The third kappa shape index (κ3) is 7.71. The van der Waals surface area contributed by atoms with Gasteiger partial charge in [0, 0.05) is 18.5 Å². The number of nitrogens with two attached hydrogens (primary N) is 1. The molecule has 0 spiro atoms. The van der Waals surface area contributed by atoms with Crippen molar-refractivity contribution in [2.24, 2.45) is 5.73 Å². The molecule has 27 heteroatoms. The molecular formula is C23H28N7O17P3. The smallest absolute Gasteiger partial charge is 0.478 e. The molecule has 0 saturated carbocycles. The molecule has 0 aromatic carbocycles. The molecule has 6 heterocycles. The molecule has 2 fully saturated rings. The number of aromatic nitrogens is 6. The van der Waals surface area contributed by atoms with Crippen LogP contribution >= 0.6 is 23.5 Å². The largest absolute Gasteiger partial charge is 0.756 e. The number of primary amides is 1. The van der Waals surface area contributed by atoms with E-state index in [1.54, 1.807) is 6.20 Å². The third-order valence-corrected chi connectivity index (χ3v) is 10.6. The first-order chi connectivity index (χ1) is 23.4. The molecule has 10 unspecified atom stereocenters. The van der Waals surface area contributed by atoms with Crippen LogP contribution in [-0.2, 0) is 41.1 Å². The Kier molecular flexibility index (Phi) is 10.1. The van der Waals surface area contributed by atoms with Gasteiger partial charge in [-0.05, 0) is 6.07 Å². The molecule has 0 aliphatic carbocycles. The number of amides is 1. The summed E-state index contributed by atoms with van der Waals surface area (Å²) in [4.78, 5) is 65.6. The minimum Gasteiger partial charge on any atom is -0.756 e. The van der Waals surface area contributed by atoms with Crippen molar-refractivity contribution in [1.29, 1.82) is 0 Å². The number of pyridine rings is 1. The Balaban J connectivity index is 1.09. The van der Waals surface area contributed by atoms with Crippen LogP contribution in [0.1, 0.15) is 22.8 Å². The SMILES string of the molecule is NC(=O)c1ccc[n+](C2OC(COP(=O)(O)OP(=O)([O-])OCC3OC(n4cnc5c4ncn4ccnc54)C(OP(=O)(O)O)C3O)C(O)C2O)c1. The molecule has 0 radical (unpaired) electrons. The average Bonchev–Trinajstić information content (AvgIpc) is 3.80. The lowest BCUT2D eigenvalue weighted by Gasteiger charge is -2.26. The van der Waals surface area contributed by atoms with E-state index < -0.39 is 91.7 Å².